The van der Waals surface area contributed by atoms with E-state index in [2.05, 4.69) is 0 Å². The molecule has 1 unspecified atom stereocenters. The number of hydrogen-bond donors (Lipinski definition) is 0. The maximum Gasteiger partial charge on any atom is 0.241 e. The molecule has 1 atom stereocenters. The second kappa shape index (κ2) is 4.61. The number of nitrogens with zero attached hydrogens (tertiary/aromatic N) is 1. The summed E-state index contributed by atoms with van der Waals surface area (Å²) in [6.45, 7) is 11.0. The summed E-state index contributed by atoms with van der Waals surface area (Å²) < 4.78 is 0. The minimum atomic E-state index is -0.646. The molecule has 0 aromatic heterocycles. The van der Waals surface area contributed by atoms with E-state index in [0.29, 0.717) is 13.1 Å². The molecular formula is C10H21N2O. The summed E-state index contributed by atoms with van der Waals surface area (Å²) in [5, 5.41) is 0. The first-order valence-corrected chi connectivity index (χ1v) is 4.84. The van der Waals surface area contributed by atoms with Crippen LogP contribution in [-0.2, 0) is 4.79 Å². The molecule has 3 nitrogen and oxygen atoms in total. The van der Waals surface area contributed by atoms with Crippen molar-refractivity contribution in [2.24, 2.45) is 5.41 Å². The summed E-state index contributed by atoms with van der Waals surface area (Å²) in [4.78, 5) is 13.4. The van der Waals surface area contributed by atoms with E-state index in [4.69, 9.17) is 5.73 Å². The van der Waals surface area contributed by atoms with E-state index in [0.717, 1.165) is 0 Å². The van der Waals surface area contributed by atoms with Crippen molar-refractivity contribution in [2.75, 3.05) is 13.1 Å². The van der Waals surface area contributed by atoms with Crippen LogP contribution in [0.25, 0.3) is 0 Å². The van der Waals surface area contributed by atoms with Crippen molar-refractivity contribution in [2.45, 2.75) is 40.7 Å². The average Bonchev–Trinajstić information content (AvgIpc) is 2.03. The van der Waals surface area contributed by atoms with Crippen molar-refractivity contribution in [3.05, 3.63) is 0 Å². The second-order valence-corrected chi connectivity index (χ2v) is 4.31. The predicted molar refractivity (Wildman–Crippen MR) is 54.3 cm³/mol. The highest BCUT2D eigenvalue weighted by Crippen LogP contribution is 2.20. The van der Waals surface area contributed by atoms with Gasteiger partial charge in [-0.2, -0.15) is 0 Å². The quantitative estimate of drug-likeness (QED) is 0.658. The molecule has 0 fully saturated rings. The summed E-state index contributed by atoms with van der Waals surface area (Å²) in [7, 11) is 0. The number of amides is 1. The van der Waals surface area contributed by atoms with Crippen LogP contribution in [0.4, 0.5) is 0 Å². The Bertz CT molecular complexity index is 168. The van der Waals surface area contributed by atoms with Crippen LogP contribution in [0.1, 0.15) is 34.6 Å². The molecule has 77 valence electrons. The van der Waals surface area contributed by atoms with Crippen molar-refractivity contribution in [3.63, 3.8) is 0 Å². The zero-order chi connectivity index (χ0) is 10.6. The van der Waals surface area contributed by atoms with Crippen LogP contribution in [0.3, 0.4) is 0 Å². The van der Waals surface area contributed by atoms with E-state index in [1.165, 1.54) is 0 Å². The largest absolute Gasteiger partial charge is 0.342 e. The van der Waals surface area contributed by atoms with Crippen molar-refractivity contribution >= 4 is 5.91 Å². The third-order valence-electron chi connectivity index (χ3n) is 2.19. The topological polar surface area (TPSA) is 44.1 Å². The highest BCUT2D eigenvalue weighted by atomic mass is 16.2. The Morgan fingerprint density at radius 1 is 1.31 bits per heavy atom. The van der Waals surface area contributed by atoms with Crippen LogP contribution in [0.2, 0.25) is 0 Å². The maximum absolute atomic E-state index is 11.7. The molecule has 0 aromatic rings. The highest BCUT2D eigenvalue weighted by Gasteiger charge is 2.30. The summed E-state index contributed by atoms with van der Waals surface area (Å²) in [6, 6.07) is -0.646. The van der Waals surface area contributed by atoms with Crippen LogP contribution < -0.4 is 5.73 Å². The Labute approximate surface area is 81.3 Å². The zero-order valence-electron chi connectivity index (χ0n) is 9.35. The molecule has 1 radical (unpaired) electrons. The van der Waals surface area contributed by atoms with E-state index in [1.54, 1.807) is 4.90 Å². The second-order valence-electron chi connectivity index (χ2n) is 4.31. The molecule has 0 aliphatic heterocycles. The number of carbonyl (C=O) groups excluding carboxylic acids is 1. The number of hydrogen-bond acceptors (Lipinski definition) is 1. The van der Waals surface area contributed by atoms with Gasteiger partial charge in [0.25, 0.3) is 0 Å². The fourth-order valence-corrected chi connectivity index (χ4v) is 1.09. The third-order valence-corrected chi connectivity index (χ3v) is 2.19. The average molecular weight is 185 g/mol. The predicted octanol–water partition coefficient (Wildman–Crippen LogP) is 1.55. The maximum atomic E-state index is 11.7. The Hall–Kier alpha value is -0.570. The number of rotatable bonds is 3. The van der Waals surface area contributed by atoms with Crippen LogP contribution in [0.5, 0.6) is 0 Å². The molecule has 0 spiro atoms. The Morgan fingerprint density at radius 3 is 1.92 bits per heavy atom. The molecule has 0 saturated heterocycles. The van der Waals surface area contributed by atoms with E-state index in [9.17, 15) is 4.79 Å². The summed E-state index contributed by atoms with van der Waals surface area (Å²) >= 11 is 0. The fraction of sp³-hybridized carbons (Fsp3) is 0.900. The molecule has 0 aromatic carbocycles. The first kappa shape index (κ1) is 12.4. The molecule has 13 heavy (non-hydrogen) atoms. The van der Waals surface area contributed by atoms with Crippen molar-refractivity contribution in [1.29, 1.82) is 0 Å². The summed E-state index contributed by atoms with van der Waals surface area (Å²) in [5.74, 6) is -0.0579. The van der Waals surface area contributed by atoms with Crippen LogP contribution in [0.15, 0.2) is 0 Å². The number of nitrogens with one attached hydrogen (secondary N) is 1. The van der Waals surface area contributed by atoms with Gasteiger partial charge in [0.2, 0.25) is 5.91 Å². The van der Waals surface area contributed by atoms with Crippen LogP contribution in [0, 0.1) is 5.41 Å². The van der Waals surface area contributed by atoms with E-state index >= 15 is 0 Å². The number of carbonyl (C=O) groups is 1. The van der Waals surface area contributed by atoms with Gasteiger partial charge in [0.15, 0.2) is 0 Å². The molecule has 0 aliphatic rings. The number of likely N-dealkylation sites (N-methyl/N-ethyl adjacent to an activating group) is 1. The molecule has 0 rings (SSSR count). The fourth-order valence-electron chi connectivity index (χ4n) is 1.09. The van der Waals surface area contributed by atoms with Gasteiger partial charge in [-0.05, 0) is 19.3 Å². The van der Waals surface area contributed by atoms with Crippen molar-refractivity contribution in [3.8, 4) is 0 Å². The van der Waals surface area contributed by atoms with Crippen LogP contribution in [-0.4, -0.2) is 29.9 Å². The summed E-state index contributed by atoms with van der Waals surface area (Å²) in [5.41, 5.74) is 7.51. The molecule has 0 aliphatic carbocycles. The molecule has 0 heterocycles. The SMILES string of the molecule is CCN(CC)C(=O)C([NH])C(C)(C)C. The Balaban J connectivity index is 4.41. The smallest absolute Gasteiger partial charge is 0.241 e. The van der Waals surface area contributed by atoms with Crippen molar-refractivity contribution in [1.82, 2.24) is 10.6 Å². The van der Waals surface area contributed by atoms with Gasteiger partial charge >= 0.3 is 0 Å². The van der Waals surface area contributed by atoms with Gasteiger partial charge < -0.3 is 4.90 Å². The molecule has 0 bridgehead atoms. The minimum Gasteiger partial charge on any atom is -0.342 e. The van der Waals surface area contributed by atoms with E-state index < -0.39 is 6.04 Å². The van der Waals surface area contributed by atoms with Gasteiger partial charge in [0, 0.05) is 13.1 Å². The van der Waals surface area contributed by atoms with Gasteiger partial charge in [-0.3, -0.25) is 4.79 Å². The lowest BCUT2D eigenvalue weighted by atomic mass is 9.86. The van der Waals surface area contributed by atoms with E-state index in [-0.39, 0.29) is 11.3 Å². The van der Waals surface area contributed by atoms with Gasteiger partial charge in [0.05, 0.1) is 0 Å². The highest BCUT2D eigenvalue weighted by molar-refractivity contribution is 5.82. The first-order chi connectivity index (χ1) is 5.84. The first-order valence-electron chi connectivity index (χ1n) is 4.84. The minimum absolute atomic E-state index is 0.0579. The van der Waals surface area contributed by atoms with Crippen LogP contribution >= 0.6 is 0 Å². The monoisotopic (exact) mass is 185 g/mol. The lowest BCUT2D eigenvalue weighted by Gasteiger charge is -2.30. The van der Waals surface area contributed by atoms with Gasteiger partial charge in [-0.1, -0.05) is 20.8 Å². The molecule has 1 N–H and O–H groups in total. The standard InChI is InChI=1S/C10H21N2O/c1-6-12(7-2)9(13)8(11)10(3,4)5/h8,11H,6-7H2,1-5H3. The van der Waals surface area contributed by atoms with E-state index in [1.807, 2.05) is 34.6 Å². The normalized spacial score (nSPS) is 14.0. The van der Waals surface area contributed by atoms with Gasteiger partial charge in [-0.25, -0.2) is 5.73 Å². The Kier molecular flexibility index (Phi) is 4.40. The van der Waals surface area contributed by atoms with Crippen molar-refractivity contribution < 1.29 is 4.79 Å². The zero-order valence-corrected chi connectivity index (χ0v) is 9.35. The molecular weight excluding hydrogens is 164 g/mol. The van der Waals surface area contributed by atoms with Gasteiger partial charge in [-0.15, -0.1) is 0 Å². The summed E-state index contributed by atoms with van der Waals surface area (Å²) in [6.07, 6.45) is 0. The molecule has 1 amide bonds. The molecule has 3 heteroatoms. The lowest BCUT2D eigenvalue weighted by molar-refractivity contribution is -0.134. The Morgan fingerprint density at radius 2 is 1.69 bits per heavy atom. The third kappa shape index (κ3) is 3.35. The lowest BCUT2D eigenvalue weighted by Crippen LogP contribution is -2.45. The van der Waals surface area contributed by atoms with Gasteiger partial charge in [0.1, 0.15) is 6.04 Å². The molecule has 0 saturated carbocycles.